The van der Waals surface area contributed by atoms with Crippen molar-refractivity contribution in [2.24, 2.45) is 0 Å². The number of rotatable bonds is 2. The Hall–Kier alpha value is -0.570. The topological polar surface area (TPSA) is 12.5 Å². The molecule has 98 valence electrons. The van der Waals surface area contributed by atoms with E-state index in [0.29, 0.717) is 0 Å². The van der Waals surface area contributed by atoms with E-state index in [-0.39, 0.29) is 5.72 Å². The SMILES string of the molecule is Clc1ccc(C2(N3CCCCC3)CCCO2)cc1. The molecule has 18 heavy (non-hydrogen) atoms. The summed E-state index contributed by atoms with van der Waals surface area (Å²) in [7, 11) is 0. The molecule has 2 aliphatic heterocycles. The van der Waals surface area contributed by atoms with Crippen LogP contribution in [0.3, 0.4) is 0 Å². The molecular weight excluding hydrogens is 246 g/mol. The van der Waals surface area contributed by atoms with Crippen molar-refractivity contribution in [2.45, 2.75) is 37.8 Å². The average Bonchev–Trinajstić information content (AvgIpc) is 2.91. The van der Waals surface area contributed by atoms with Gasteiger partial charge >= 0.3 is 0 Å². The molecule has 3 rings (SSSR count). The Kier molecular flexibility index (Phi) is 3.60. The van der Waals surface area contributed by atoms with Crippen molar-refractivity contribution in [3.63, 3.8) is 0 Å². The monoisotopic (exact) mass is 265 g/mol. The summed E-state index contributed by atoms with van der Waals surface area (Å²) in [6.45, 7) is 3.18. The van der Waals surface area contributed by atoms with Crippen molar-refractivity contribution in [2.75, 3.05) is 19.7 Å². The molecule has 0 amide bonds. The molecule has 0 aliphatic carbocycles. The fraction of sp³-hybridized carbons (Fsp3) is 0.600. The maximum absolute atomic E-state index is 6.19. The zero-order chi connectivity index (χ0) is 12.4. The molecule has 2 fully saturated rings. The Morgan fingerprint density at radius 1 is 1.00 bits per heavy atom. The maximum Gasteiger partial charge on any atom is 0.147 e. The minimum Gasteiger partial charge on any atom is -0.356 e. The summed E-state index contributed by atoms with van der Waals surface area (Å²) in [5, 5.41) is 0.797. The Morgan fingerprint density at radius 3 is 2.33 bits per heavy atom. The number of nitrogens with zero attached hydrogens (tertiary/aromatic N) is 1. The molecule has 0 saturated carbocycles. The van der Waals surface area contributed by atoms with Gasteiger partial charge in [-0.25, -0.2) is 0 Å². The molecule has 0 N–H and O–H groups in total. The molecule has 2 saturated heterocycles. The fourth-order valence-electron chi connectivity index (χ4n) is 3.25. The first-order valence-electron chi connectivity index (χ1n) is 6.96. The lowest BCUT2D eigenvalue weighted by molar-refractivity contribution is -0.136. The van der Waals surface area contributed by atoms with Gasteiger partial charge in [-0.2, -0.15) is 0 Å². The molecule has 2 nitrogen and oxygen atoms in total. The Morgan fingerprint density at radius 2 is 1.72 bits per heavy atom. The molecule has 0 aromatic heterocycles. The van der Waals surface area contributed by atoms with Crippen LogP contribution in [0, 0.1) is 0 Å². The zero-order valence-electron chi connectivity index (χ0n) is 10.7. The first-order chi connectivity index (χ1) is 8.81. The minimum absolute atomic E-state index is 0.176. The normalized spacial score (nSPS) is 29.6. The number of hydrogen-bond acceptors (Lipinski definition) is 2. The summed E-state index contributed by atoms with van der Waals surface area (Å²) in [5.74, 6) is 0. The highest BCUT2D eigenvalue weighted by Crippen LogP contribution is 2.41. The van der Waals surface area contributed by atoms with E-state index in [9.17, 15) is 0 Å². The van der Waals surface area contributed by atoms with Crippen LogP contribution in [0.25, 0.3) is 0 Å². The average molecular weight is 266 g/mol. The maximum atomic E-state index is 6.19. The number of likely N-dealkylation sites (tertiary alicyclic amines) is 1. The van der Waals surface area contributed by atoms with Gasteiger partial charge in [-0.3, -0.25) is 4.90 Å². The van der Waals surface area contributed by atoms with E-state index in [4.69, 9.17) is 16.3 Å². The molecule has 1 atom stereocenters. The minimum atomic E-state index is -0.176. The van der Waals surface area contributed by atoms with Crippen LogP contribution >= 0.6 is 11.6 Å². The lowest BCUT2D eigenvalue weighted by Crippen LogP contribution is -2.48. The van der Waals surface area contributed by atoms with Crippen molar-refractivity contribution in [3.05, 3.63) is 34.9 Å². The van der Waals surface area contributed by atoms with Crippen LogP contribution in [0.1, 0.15) is 37.7 Å². The van der Waals surface area contributed by atoms with Gasteiger partial charge in [0, 0.05) is 24.7 Å². The smallest absolute Gasteiger partial charge is 0.147 e. The fourth-order valence-corrected chi connectivity index (χ4v) is 3.38. The van der Waals surface area contributed by atoms with Crippen LogP contribution < -0.4 is 0 Å². The van der Waals surface area contributed by atoms with E-state index in [1.807, 2.05) is 12.1 Å². The summed E-state index contributed by atoms with van der Waals surface area (Å²) in [6, 6.07) is 8.21. The highest BCUT2D eigenvalue weighted by Gasteiger charge is 2.42. The first-order valence-corrected chi connectivity index (χ1v) is 7.34. The molecule has 0 bridgehead atoms. The number of halogens is 1. The summed E-state index contributed by atoms with van der Waals surface area (Å²) >= 11 is 6.00. The van der Waals surface area contributed by atoms with E-state index in [2.05, 4.69) is 17.0 Å². The van der Waals surface area contributed by atoms with Crippen molar-refractivity contribution in [1.82, 2.24) is 4.90 Å². The predicted molar refractivity (Wildman–Crippen MR) is 73.7 cm³/mol. The van der Waals surface area contributed by atoms with Crippen LogP contribution in [0.2, 0.25) is 5.02 Å². The van der Waals surface area contributed by atoms with Crippen LogP contribution in [0.4, 0.5) is 0 Å². The molecule has 1 aromatic rings. The molecule has 2 heterocycles. The van der Waals surface area contributed by atoms with Crippen LogP contribution in [-0.2, 0) is 10.5 Å². The van der Waals surface area contributed by atoms with Crippen LogP contribution in [-0.4, -0.2) is 24.6 Å². The van der Waals surface area contributed by atoms with E-state index in [0.717, 1.165) is 37.6 Å². The Balaban J connectivity index is 1.92. The van der Waals surface area contributed by atoms with Gasteiger partial charge in [0.05, 0.1) is 0 Å². The van der Waals surface area contributed by atoms with Crippen molar-refractivity contribution < 1.29 is 4.74 Å². The summed E-state index contributed by atoms with van der Waals surface area (Å²) < 4.78 is 6.19. The molecular formula is C15H20ClNO. The van der Waals surface area contributed by atoms with Crippen molar-refractivity contribution >= 4 is 11.6 Å². The third-order valence-corrected chi connectivity index (χ3v) is 4.41. The van der Waals surface area contributed by atoms with Gasteiger partial charge in [-0.1, -0.05) is 30.2 Å². The molecule has 1 aromatic carbocycles. The second kappa shape index (κ2) is 5.20. The third kappa shape index (κ3) is 2.18. The van der Waals surface area contributed by atoms with Gasteiger partial charge in [0.2, 0.25) is 0 Å². The zero-order valence-corrected chi connectivity index (χ0v) is 11.5. The summed E-state index contributed by atoms with van der Waals surface area (Å²) in [5.41, 5.74) is 1.09. The summed E-state index contributed by atoms with van der Waals surface area (Å²) in [4.78, 5) is 2.53. The van der Waals surface area contributed by atoms with Crippen molar-refractivity contribution in [1.29, 1.82) is 0 Å². The predicted octanol–water partition coefficient (Wildman–Crippen LogP) is 3.79. The van der Waals surface area contributed by atoms with E-state index in [1.165, 1.54) is 24.8 Å². The molecule has 3 heteroatoms. The number of hydrogen-bond donors (Lipinski definition) is 0. The summed E-state index contributed by atoms with van der Waals surface area (Å²) in [6.07, 6.45) is 6.19. The van der Waals surface area contributed by atoms with Gasteiger partial charge in [0.1, 0.15) is 5.72 Å². The van der Waals surface area contributed by atoms with Crippen molar-refractivity contribution in [3.8, 4) is 0 Å². The van der Waals surface area contributed by atoms with Crippen LogP contribution in [0.15, 0.2) is 24.3 Å². The molecule has 2 aliphatic rings. The molecule has 0 radical (unpaired) electrons. The molecule has 0 spiro atoms. The van der Waals surface area contributed by atoms with Crippen LogP contribution in [0.5, 0.6) is 0 Å². The van der Waals surface area contributed by atoms with Gasteiger partial charge in [-0.05, 0) is 43.4 Å². The van der Waals surface area contributed by atoms with Gasteiger partial charge in [-0.15, -0.1) is 0 Å². The third-order valence-electron chi connectivity index (χ3n) is 4.16. The second-order valence-electron chi connectivity index (χ2n) is 5.29. The van der Waals surface area contributed by atoms with E-state index in [1.54, 1.807) is 0 Å². The lowest BCUT2D eigenvalue weighted by atomic mass is 9.95. The quantitative estimate of drug-likeness (QED) is 0.807. The Labute approximate surface area is 114 Å². The highest BCUT2D eigenvalue weighted by atomic mass is 35.5. The number of piperidine rings is 1. The van der Waals surface area contributed by atoms with E-state index < -0.39 is 0 Å². The second-order valence-corrected chi connectivity index (χ2v) is 5.73. The molecule has 1 unspecified atom stereocenters. The Bertz CT molecular complexity index is 391. The van der Waals surface area contributed by atoms with Gasteiger partial charge in [0.15, 0.2) is 0 Å². The largest absolute Gasteiger partial charge is 0.356 e. The van der Waals surface area contributed by atoms with Gasteiger partial charge < -0.3 is 4.74 Å². The van der Waals surface area contributed by atoms with Gasteiger partial charge in [0.25, 0.3) is 0 Å². The first kappa shape index (κ1) is 12.5. The standard InChI is InChI=1S/C15H20ClNO/c16-14-7-5-13(6-8-14)15(9-4-12-18-15)17-10-2-1-3-11-17/h5-8H,1-4,9-12H2. The number of benzene rings is 1. The number of ether oxygens (including phenoxy) is 1. The lowest BCUT2D eigenvalue weighted by Gasteiger charge is -2.42. The highest BCUT2D eigenvalue weighted by molar-refractivity contribution is 6.30. The van der Waals surface area contributed by atoms with E-state index >= 15 is 0 Å².